The summed E-state index contributed by atoms with van der Waals surface area (Å²) in [5, 5.41) is 10.6. The van der Waals surface area contributed by atoms with Crippen molar-refractivity contribution in [3.05, 3.63) is 75.6 Å². The maximum atomic E-state index is 13.1. The van der Waals surface area contributed by atoms with Crippen molar-refractivity contribution in [2.45, 2.75) is 18.9 Å². The number of benzene rings is 2. The molecule has 0 amide bonds. The first-order valence-corrected chi connectivity index (χ1v) is 6.28. The molecule has 0 saturated carbocycles. The molecular weight excluding hydrogens is 259 g/mol. The van der Waals surface area contributed by atoms with E-state index in [2.05, 4.69) is 0 Å². The quantitative estimate of drug-likeness (QED) is 0.673. The van der Waals surface area contributed by atoms with Gasteiger partial charge in [0.25, 0.3) is 5.69 Å². The van der Waals surface area contributed by atoms with Crippen LogP contribution < -0.4 is 5.73 Å². The molecule has 104 valence electrons. The summed E-state index contributed by atoms with van der Waals surface area (Å²) < 4.78 is 13.1. The largest absolute Gasteiger partial charge is 0.327 e. The van der Waals surface area contributed by atoms with E-state index in [9.17, 15) is 14.5 Å². The smallest absolute Gasteiger partial charge is 0.269 e. The third-order valence-electron chi connectivity index (χ3n) is 3.03. The van der Waals surface area contributed by atoms with Crippen LogP contribution in [-0.2, 0) is 12.8 Å². The van der Waals surface area contributed by atoms with Crippen LogP contribution in [-0.4, -0.2) is 11.0 Å². The number of hydrogen-bond donors (Lipinski definition) is 1. The molecule has 2 N–H and O–H groups in total. The van der Waals surface area contributed by atoms with Crippen LogP contribution in [0.1, 0.15) is 11.1 Å². The molecular formula is C15H15FN2O2. The third kappa shape index (κ3) is 3.86. The van der Waals surface area contributed by atoms with Crippen LogP contribution in [0.15, 0.2) is 48.5 Å². The molecule has 4 nitrogen and oxygen atoms in total. The maximum Gasteiger partial charge on any atom is 0.269 e. The van der Waals surface area contributed by atoms with Gasteiger partial charge in [-0.1, -0.05) is 24.3 Å². The van der Waals surface area contributed by atoms with Gasteiger partial charge in [-0.05, 0) is 36.1 Å². The Morgan fingerprint density at radius 1 is 1.10 bits per heavy atom. The molecule has 0 aliphatic rings. The van der Waals surface area contributed by atoms with Crippen molar-refractivity contribution in [3.63, 3.8) is 0 Å². The number of nitrogens with two attached hydrogens (primary N) is 1. The van der Waals surface area contributed by atoms with Gasteiger partial charge >= 0.3 is 0 Å². The monoisotopic (exact) mass is 274 g/mol. The van der Waals surface area contributed by atoms with Crippen molar-refractivity contribution in [2.24, 2.45) is 5.73 Å². The van der Waals surface area contributed by atoms with E-state index < -0.39 is 4.92 Å². The predicted octanol–water partition coefficient (Wildman–Crippen LogP) is 2.85. The summed E-state index contributed by atoms with van der Waals surface area (Å²) in [5.74, 6) is -0.273. The van der Waals surface area contributed by atoms with Crippen LogP contribution in [0.25, 0.3) is 0 Å². The average molecular weight is 274 g/mol. The minimum absolute atomic E-state index is 0.0625. The van der Waals surface area contributed by atoms with Crippen molar-refractivity contribution in [1.82, 2.24) is 0 Å². The zero-order valence-electron chi connectivity index (χ0n) is 10.8. The summed E-state index contributed by atoms with van der Waals surface area (Å²) in [6.07, 6.45) is 1.16. The van der Waals surface area contributed by atoms with Gasteiger partial charge in [0.05, 0.1) is 4.92 Å². The minimum Gasteiger partial charge on any atom is -0.327 e. The molecule has 0 bridgehead atoms. The lowest BCUT2D eigenvalue weighted by Crippen LogP contribution is -2.25. The Labute approximate surface area is 116 Å². The first-order valence-electron chi connectivity index (χ1n) is 6.28. The standard InChI is InChI=1S/C15H15FN2O2/c16-13-3-1-2-12(8-13)10-14(17)9-11-4-6-15(7-5-11)18(19)20/h1-8,14H,9-10,17H2. The Kier molecular flexibility index (Phi) is 4.42. The van der Waals surface area contributed by atoms with E-state index in [1.165, 1.54) is 24.3 Å². The summed E-state index contributed by atoms with van der Waals surface area (Å²) in [7, 11) is 0. The molecule has 2 rings (SSSR count). The van der Waals surface area contributed by atoms with E-state index in [-0.39, 0.29) is 17.5 Å². The number of rotatable bonds is 5. The van der Waals surface area contributed by atoms with Crippen molar-refractivity contribution in [2.75, 3.05) is 0 Å². The van der Waals surface area contributed by atoms with Crippen molar-refractivity contribution in [3.8, 4) is 0 Å². The van der Waals surface area contributed by atoms with Crippen molar-refractivity contribution < 1.29 is 9.31 Å². The number of nitro groups is 1. The lowest BCUT2D eigenvalue weighted by molar-refractivity contribution is -0.384. The van der Waals surface area contributed by atoms with Crippen molar-refractivity contribution >= 4 is 5.69 Å². The number of nitrogens with zero attached hydrogens (tertiary/aromatic N) is 1. The highest BCUT2D eigenvalue weighted by Gasteiger charge is 2.08. The average Bonchev–Trinajstić information content (AvgIpc) is 2.39. The van der Waals surface area contributed by atoms with Crippen LogP contribution in [0.4, 0.5) is 10.1 Å². The fourth-order valence-electron chi connectivity index (χ4n) is 2.10. The van der Waals surface area contributed by atoms with Crippen LogP contribution >= 0.6 is 0 Å². The molecule has 1 unspecified atom stereocenters. The van der Waals surface area contributed by atoms with Gasteiger partial charge < -0.3 is 5.73 Å². The van der Waals surface area contributed by atoms with E-state index in [0.717, 1.165) is 11.1 Å². The molecule has 0 aliphatic heterocycles. The molecule has 1 atom stereocenters. The summed E-state index contributed by atoms with van der Waals surface area (Å²) in [6, 6.07) is 12.5. The van der Waals surface area contributed by atoms with Crippen LogP contribution in [0, 0.1) is 15.9 Å². The molecule has 0 spiro atoms. The second-order valence-electron chi connectivity index (χ2n) is 4.72. The van der Waals surface area contributed by atoms with Gasteiger partial charge in [0.1, 0.15) is 5.82 Å². The van der Waals surface area contributed by atoms with Gasteiger partial charge in [-0.2, -0.15) is 0 Å². The molecule has 0 aliphatic carbocycles. The molecule has 0 saturated heterocycles. The summed E-state index contributed by atoms with van der Waals surface area (Å²) >= 11 is 0. The second-order valence-corrected chi connectivity index (χ2v) is 4.72. The van der Waals surface area contributed by atoms with Crippen LogP contribution in [0.5, 0.6) is 0 Å². The van der Waals surface area contributed by atoms with Crippen LogP contribution in [0.2, 0.25) is 0 Å². The lowest BCUT2D eigenvalue weighted by Gasteiger charge is -2.11. The topological polar surface area (TPSA) is 69.2 Å². The molecule has 0 radical (unpaired) electrons. The molecule has 5 heteroatoms. The first kappa shape index (κ1) is 14.1. The number of non-ortho nitro benzene ring substituents is 1. The lowest BCUT2D eigenvalue weighted by atomic mass is 9.99. The van der Waals surface area contributed by atoms with Gasteiger partial charge in [-0.25, -0.2) is 4.39 Å². The summed E-state index contributed by atoms with van der Waals surface area (Å²) in [4.78, 5) is 10.1. The zero-order valence-corrected chi connectivity index (χ0v) is 10.8. The van der Waals surface area contributed by atoms with E-state index in [1.54, 1.807) is 18.2 Å². The molecule has 0 aromatic heterocycles. The maximum absolute atomic E-state index is 13.1. The van der Waals surface area contributed by atoms with Gasteiger partial charge in [0, 0.05) is 18.2 Å². The number of nitro benzene ring substituents is 1. The third-order valence-corrected chi connectivity index (χ3v) is 3.03. The highest BCUT2D eigenvalue weighted by molar-refractivity contribution is 5.33. The SMILES string of the molecule is NC(Cc1ccc([N+](=O)[O-])cc1)Cc1cccc(F)c1. The fourth-order valence-corrected chi connectivity index (χ4v) is 2.10. The van der Waals surface area contributed by atoms with E-state index in [0.29, 0.717) is 12.8 Å². The number of halogens is 1. The fraction of sp³-hybridized carbons (Fsp3) is 0.200. The van der Waals surface area contributed by atoms with Gasteiger partial charge in [0.2, 0.25) is 0 Å². The molecule has 2 aromatic rings. The van der Waals surface area contributed by atoms with Gasteiger partial charge in [-0.15, -0.1) is 0 Å². The van der Waals surface area contributed by atoms with E-state index in [4.69, 9.17) is 5.73 Å². The molecule has 20 heavy (non-hydrogen) atoms. The molecule has 2 aromatic carbocycles. The Morgan fingerprint density at radius 3 is 2.35 bits per heavy atom. The normalized spacial score (nSPS) is 12.1. The Morgan fingerprint density at radius 2 is 1.75 bits per heavy atom. The van der Waals surface area contributed by atoms with E-state index in [1.807, 2.05) is 6.07 Å². The van der Waals surface area contributed by atoms with Crippen LogP contribution in [0.3, 0.4) is 0 Å². The van der Waals surface area contributed by atoms with Gasteiger partial charge in [0.15, 0.2) is 0 Å². The first-order chi connectivity index (χ1) is 9.54. The molecule has 0 heterocycles. The van der Waals surface area contributed by atoms with Crippen molar-refractivity contribution in [1.29, 1.82) is 0 Å². The summed E-state index contributed by atoms with van der Waals surface area (Å²) in [6.45, 7) is 0. The Balaban J connectivity index is 1.97. The Hall–Kier alpha value is -2.27. The predicted molar refractivity (Wildman–Crippen MR) is 74.9 cm³/mol. The second kappa shape index (κ2) is 6.25. The molecule has 0 fully saturated rings. The zero-order chi connectivity index (χ0) is 14.5. The van der Waals surface area contributed by atoms with Gasteiger partial charge in [-0.3, -0.25) is 10.1 Å². The number of hydrogen-bond acceptors (Lipinski definition) is 3. The summed E-state index contributed by atoms with van der Waals surface area (Å²) in [5.41, 5.74) is 7.87. The highest BCUT2D eigenvalue weighted by Crippen LogP contribution is 2.14. The highest BCUT2D eigenvalue weighted by atomic mass is 19.1. The van der Waals surface area contributed by atoms with E-state index >= 15 is 0 Å². The minimum atomic E-state index is -0.434. The Bertz CT molecular complexity index is 599.